The van der Waals surface area contributed by atoms with Crippen molar-refractivity contribution in [2.75, 3.05) is 13.2 Å². The van der Waals surface area contributed by atoms with E-state index in [9.17, 15) is 9.59 Å². The number of nitrogens with zero attached hydrogens (tertiary/aromatic N) is 2. The minimum Gasteiger partial charge on any atom is -0.395 e. The van der Waals surface area contributed by atoms with Gasteiger partial charge < -0.3 is 15.7 Å². The highest BCUT2D eigenvalue weighted by molar-refractivity contribution is 5.94. The third kappa shape index (κ3) is 3.89. The number of carbonyl (C=O) groups excluding carboxylic acids is 2. The van der Waals surface area contributed by atoms with Gasteiger partial charge in [-0.1, -0.05) is 18.2 Å². The molecule has 0 unspecified atom stereocenters. The average Bonchev–Trinajstić information content (AvgIpc) is 3.10. The van der Waals surface area contributed by atoms with Crippen LogP contribution in [0.1, 0.15) is 39.4 Å². The molecule has 1 atom stereocenters. The van der Waals surface area contributed by atoms with Crippen molar-refractivity contribution < 1.29 is 14.7 Å². The molecule has 0 aliphatic heterocycles. The molecule has 3 rings (SSSR count). The minimum absolute atomic E-state index is 0.101. The first kappa shape index (κ1) is 17.6. The first-order valence-electron chi connectivity index (χ1n) is 8.33. The number of nitrogens with one attached hydrogen (secondary N) is 2. The number of rotatable bonds is 6. The molecule has 134 valence electrons. The van der Waals surface area contributed by atoms with Crippen LogP contribution >= 0.6 is 0 Å². The van der Waals surface area contributed by atoms with Crippen molar-refractivity contribution in [1.82, 2.24) is 20.2 Å². The molecule has 0 aliphatic rings. The van der Waals surface area contributed by atoms with E-state index in [-0.39, 0.29) is 31.0 Å². The highest BCUT2D eigenvalue weighted by Gasteiger charge is 2.15. The lowest BCUT2D eigenvalue weighted by Gasteiger charge is -2.14. The highest BCUT2D eigenvalue weighted by atomic mass is 16.3. The van der Waals surface area contributed by atoms with Crippen molar-refractivity contribution in [1.29, 1.82) is 0 Å². The molecule has 7 nitrogen and oxygen atoms in total. The zero-order chi connectivity index (χ0) is 18.5. The largest absolute Gasteiger partial charge is 0.395 e. The van der Waals surface area contributed by atoms with Gasteiger partial charge in [0.25, 0.3) is 11.8 Å². The molecule has 0 fully saturated rings. The van der Waals surface area contributed by atoms with Gasteiger partial charge in [-0.3, -0.25) is 9.59 Å². The van der Waals surface area contributed by atoms with E-state index in [1.165, 1.54) is 0 Å². The maximum Gasteiger partial charge on any atom is 0.272 e. The standard InChI is InChI=1S/C19H20N4O3/c1-13(14-5-7-15(8-6-14)18(25)20-9-11-24)21-19(26)17-12-16-4-2-3-10-23(16)22-17/h2-8,10,12-13,24H,9,11H2,1H3,(H,20,25)(H,21,26)/t13-/m1/s1. The molecule has 0 radical (unpaired) electrons. The molecule has 0 saturated heterocycles. The van der Waals surface area contributed by atoms with E-state index in [4.69, 9.17) is 5.11 Å². The Hall–Kier alpha value is -3.19. The summed E-state index contributed by atoms with van der Waals surface area (Å²) in [6.07, 6.45) is 1.79. The van der Waals surface area contributed by atoms with Gasteiger partial charge in [-0.25, -0.2) is 4.52 Å². The van der Waals surface area contributed by atoms with E-state index in [1.807, 2.05) is 25.1 Å². The molecular weight excluding hydrogens is 332 g/mol. The second-order valence-electron chi connectivity index (χ2n) is 5.90. The number of hydrogen-bond donors (Lipinski definition) is 3. The third-order valence-electron chi connectivity index (χ3n) is 4.02. The van der Waals surface area contributed by atoms with Gasteiger partial charge in [-0.15, -0.1) is 0 Å². The highest BCUT2D eigenvalue weighted by Crippen LogP contribution is 2.15. The monoisotopic (exact) mass is 352 g/mol. The van der Waals surface area contributed by atoms with Gasteiger partial charge in [0, 0.05) is 18.3 Å². The number of carbonyl (C=O) groups is 2. The summed E-state index contributed by atoms with van der Waals surface area (Å²) in [5.41, 5.74) is 2.58. The van der Waals surface area contributed by atoms with Crippen LogP contribution in [0.5, 0.6) is 0 Å². The molecule has 0 aliphatic carbocycles. The fourth-order valence-corrected chi connectivity index (χ4v) is 2.60. The second kappa shape index (κ2) is 7.79. The number of pyridine rings is 1. The summed E-state index contributed by atoms with van der Waals surface area (Å²) in [6.45, 7) is 1.98. The SMILES string of the molecule is C[C@@H](NC(=O)c1cc2ccccn2n1)c1ccc(C(=O)NCCO)cc1. The molecule has 3 aromatic rings. The van der Waals surface area contributed by atoms with Gasteiger partial charge >= 0.3 is 0 Å². The van der Waals surface area contributed by atoms with Crippen LogP contribution in [0.3, 0.4) is 0 Å². The van der Waals surface area contributed by atoms with Gasteiger partial charge in [0.2, 0.25) is 0 Å². The smallest absolute Gasteiger partial charge is 0.272 e. The Labute approximate surface area is 150 Å². The topological polar surface area (TPSA) is 95.7 Å². The summed E-state index contributed by atoms with van der Waals surface area (Å²) in [6, 6.07) is 14.1. The van der Waals surface area contributed by atoms with E-state index >= 15 is 0 Å². The van der Waals surface area contributed by atoms with Crippen molar-refractivity contribution >= 4 is 17.3 Å². The third-order valence-corrected chi connectivity index (χ3v) is 4.02. The fraction of sp³-hybridized carbons (Fsp3) is 0.211. The lowest BCUT2D eigenvalue weighted by atomic mass is 10.1. The fourth-order valence-electron chi connectivity index (χ4n) is 2.60. The Morgan fingerprint density at radius 3 is 2.62 bits per heavy atom. The molecular formula is C19H20N4O3. The van der Waals surface area contributed by atoms with E-state index in [0.717, 1.165) is 11.1 Å². The zero-order valence-corrected chi connectivity index (χ0v) is 14.3. The lowest BCUT2D eigenvalue weighted by Crippen LogP contribution is -2.28. The van der Waals surface area contributed by atoms with Crippen molar-refractivity contribution in [3.05, 3.63) is 71.5 Å². The molecule has 3 N–H and O–H groups in total. The molecule has 1 aromatic carbocycles. The predicted molar refractivity (Wildman–Crippen MR) is 96.9 cm³/mol. The molecule has 2 heterocycles. The quantitative estimate of drug-likeness (QED) is 0.627. The van der Waals surface area contributed by atoms with Crippen molar-refractivity contribution in [3.8, 4) is 0 Å². The van der Waals surface area contributed by atoms with Crippen LogP contribution in [0, 0.1) is 0 Å². The van der Waals surface area contributed by atoms with Gasteiger partial charge in [-0.2, -0.15) is 5.10 Å². The Morgan fingerprint density at radius 1 is 1.15 bits per heavy atom. The van der Waals surface area contributed by atoms with Crippen LogP contribution in [-0.4, -0.2) is 39.7 Å². The summed E-state index contributed by atoms with van der Waals surface area (Å²) >= 11 is 0. The zero-order valence-electron chi connectivity index (χ0n) is 14.3. The molecule has 0 saturated carbocycles. The Morgan fingerprint density at radius 2 is 1.92 bits per heavy atom. The number of amides is 2. The van der Waals surface area contributed by atoms with Gasteiger partial charge in [-0.05, 0) is 42.8 Å². The number of hydrogen-bond acceptors (Lipinski definition) is 4. The Kier molecular flexibility index (Phi) is 5.28. The van der Waals surface area contributed by atoms with Crippen molar-refractivity contribution in [3.63, 3.8) is 0 Å². The van der Waals surface area contributed by atoms with Crippen LogP contribution in [0.2, 0.25) is 0 Å². The molecule has 0 spiro atoms. The summed E-state index contributed by atoms with van der Waals surface area (Å²) in [4.78, 5) is 24.2. The average molecular weight is 352 g/mol. The molecule has 2 amide bonds. The number of benzene rings is 1. The van der Waals surface area contributed by atoms with Crippen molar-refractivity contribution in [2.24, 2.45) is 0 Å². The molecule has 0 bridgehead atoms. The van der Waals surface area contributed by atoms with E-state index in [2.05, 4.69) is 15.7 Å². The first-order chi connectivity index (χ1) is 12.6. The maximum absolute atomic E-state index is 12.4. The Balaban J connectivity index is 1.66. The first-order valence-corrected chi connectivity index (χ1v) is 8.33. The van der Waals surface area contributed by atoms with Crippen LogP contribution in [0.4, 0.5) is 0 Å². The van der Waals surface area contributed by atoms with Gasteiger partial charge in [0.1, 0.15) is 0 Å². The van der Waals surface area contributed by atoms with Crippen molar-refractivity contribution in [2.45, 2.75) is 13.0 Å². The van der Waals surface area contributed by atoms with Crippen LogP contribution < -0.4 is 10.6 Å². The summed E-state index contributed by atoms with van der Waals surface area (Å²) in [5.74, 6) is -0.502. The Bertz CT molecular complexity index is 885. The molecule has 7 heteroatoms. The number of aliphatic hydroxyl groups excluding tert-OH is 1. The van der Waals surface area contributed by atoms with E-state index < -0.39 is 0 Å². The van der Waals surface area contributed by atoms with E-state index in [0.29, 0.717) is 11.3 Å². The normalized spacial score (nSPS) is 11.9. The number of aliphatic hydroxyl groups is 1. The van der Waals surface area contributed by atoms with Gasteiger partial charge in [0.15, 0.2) is 5.69 Å². The molecule has 2 aromatic heterocycles. The predicted octanol–water partition coefficient (Wildman–Crippen LogP) is 1.55. The number of aromatic nitrogens is 2. The summed E-state index contributed by atoms with van der Waals surface area (Å²) in [5, 5.41) is 18.5. The van der Waals surface area contributed by atoms with Crippen LogP contribution in [-0.2, 0) is 0 Å². The van der Waals surface area contributed by atoms with Crippen LogP contribution in [0.25, 0.3) is 5.52 Å². The lowest BCUT2D eigenvalue weighted by molar-refractivity contribution is 0.0929. The van der Waals surface area contributed by atoms with Crippen LogP contribution in [0.15, 0.2) is 54.7 Å². The van der Waals surface area contributed by atoms with E-state index in [1.54, 1.807) is 41.0 Å². The molecule has 26 heavy (non-hydrogen) atoms. The second-order valence-corrected chi connectivity index (χ2v) is 5.90. The maximum atomic E-state index is 12.4. The minimum atomic E-state index is -0.258. The summed E-state index contributed by atoms with van der Waals surface area (Å²) in [7, 11) is 0. The van der Waals surface area contributed by atoms with Gasteiger partial charge in [0.05, 0.1) is 18.2 Å². The number of fused-ring (bicyclic) bond motifs is 1. The summed E-state index contributed by atoms with van der Waals surface area (Å²) < 4.78 is 1.65.